The van der Waals surface area contributed by atoms with Crippen LogP contribution < -0.4 is 4.90 Å². The Morgan fingerprint density at radius 2 is 1.83 bits per heavy atom. The van der Waals surface area contributed by atoms with E-state index in [1.54, 1.807) is 18.2 Å². The van der Waals surface area contributed by atoms with Crippen LogP contribution in [0.2, 0.25) is 0 Å². The van der Waals surface area contributed by atoms with Gasteiger partial charge in [-0.1, -0.05) is 0 Å². The molecule has 0 fully saturated rings. The molecular weight excluding hydrogens is 312 g/mol. The van der Waals surface area contributed by atoms with Gasteiger partial charge < -0.3 is 9.80 Å². The molecule has 0 spiro atoms. The van der Waals surface area contributed by atoms with Crippen LogP contribution in [0.15, 0.2) is 29.4 Å². The van der Waals surface area contributed by atoms with Crippen LogP contribution in [0.1, 0.15) is 13.8 Å². The lowest BCUT2D eigenvalue weighted by Gasteiger charge is -2.30. The Morgan fingerprint density at radius 1 is 1.13 bits per heavy atom. The van der Waals surface area contributed by atoms with Gasteiger partial charge in [-0.3, -0.25) is 0 Å². The molecule has 0 aliphatic carbocycles. The third-order valence-corrected chi connectivity index (χ3v) is 4.81. The molecular formula is C16H24N4O2S. The average molecular weight is 336 g/mol. The summed E-state index contributed by atoms with van der Waals surface area (Å²) < 4.78 is 23.7. The van der Waals surface area contributed by atoms with Gasteiger partial charge >= 0.3 is 0 Å². The van der Waals surface area contributed by atoms with Crippen LogP contribution in [-0.2, 0) is 9.84 Å². The monoisotopic (exact) mass is 336 g/mol. The minimum atomic E-state index is -3.27. The summed E-state index contributed by atoms with van der Waals surface area (Å²) in [6, 6.07) is 5.25. The zero-order valence-electron chi connectivity index (χ0n) is 14.3. The van der Waals surface area contributed by atoms with Gasteiger partial charge in [0.05, 0.1) is 10.4 Å². The van der Waals surface area contributed by atoms with Crippen LogP contribution in [0.5, 0.6) is 0 Å². The van der Waals surface area contributed by atoms with Crippen molar-refractivity contribution in [3.8, 4) is 0 Å². The maximum atomic E-state index is 11.8. The Hall–Kier alpha value is -1.73. The maximum Gasteiger partial charge on any atom is 0.175 e. The van der Waals surface area contributed by atoms with Crippen LogP contribution in [0.25, 0.3) is 10.9 Å². The molecule has 2 aromatic rings. The van der Waals surface area contributed by atoms with Crippen molar-refractivity contribution in [2.75, 3.05) is 38.3 Å². The molecule has 6 nitrogen and oxygen atoms in total. The van der Waals surface area contributed by atoms with Gasteiger partial charge in [-0.25, -0.2) is 18.4 Å². The number of aromatic nitrogens is 2. The molecule has 0 aliphatic rings. The lowest BCUT2D eigenvalue weighted by molar-refractivity contribution is 0.408. The van der Waals surface area contributed by atoms with Crippen molar-refractivity contribution in [2.24, 2.45) is 0 Å². The second-order valence-electron chi connectivity index (χ2n) is 6.24. The normalized spacial score (nSPS) is 12.3. The summed E-state index contributed by atoms with van der Waals surface area (Å²) in [5.41, 5.74) is 0.748. The van der Waals surface area contributed by atoms with E-state index in [0.717, 1.165) is 29.8 Å². The third kappa shape index (κ3) is 4.17. The van der Waals surface area contributed by atoms with Gasteiger partial charge in [0.1, 0.15) is 12.1 Å². The van der Waals surface area contributed by atoms with Gasteiger partial charge in [0.2, 0.25) is 0 Å². The first-order valence-electron chi connectivity index (χ1n) is 7.56. The summed E-state index contributed by atoms with van der Waals surface area (Å²) in [6.07, 6.45) is 2.74. The molecule has 126 valence electrons. The number of nitrogens with zero attached hydrogens (tertiary/aromatic N) is 4. The van der Waals surface area contributed by atoms with Crippen LogP contribution in [-0.4, -0.2) is 62.8 Å². The quantitative estimate of drug-likeness (QED) is 0.801. The van der Waals surface area contributed by atoms with Gasteiger partial charge in [-0.05, 0) is 46.1 Å². The minimum Gasteiger partial charge on any atom is -0.352 e. The topological polar surface area (TPSA) is 66.4 Å². The van der Waals surface area contributed by atoms with E-state index in [1.165, 1.54) is 12.6 Å². The van der Waals surface area contributed by atoms with Crippen molar-refractivity contribution >= 4 is 26.6 Å². The molecule has 0 saturated carbocycles. The average Bonchev–Trinajstić information content (AvgIpc) is 2.45. The molecule has 0 radical (unpaired) electrons. The molecule has 0 unspecified atom stereocenters. The molecule has 1 heterocycles. The molecule has 0 bridgehead atoms. The first-order valence-corrected chi connectivity index (χ1v) is 9.45. The van der Waals surface area contributed by atoms with Crippen molar-refractivity contribution in [1.29, 1.82) is 0 Å². The number of benzene rings is 1. The summed E-state index contributed by atoms with van der Waals surface area (Å²) in [6.45, 7) is 5.89. The number of rotatable bonds is 6. The van der Waals surface area contributed by atoms with Gasteiger partial charge in [-0.15, -0.1) is 0 Å². The number of hydrogen-bond donors (Lipinski definition) is 0. The molecule has 1 aromatic carbocycles. The van der Waals surface area contributed by atoms with Crippen molar-refractivity contribution < 1.29 is 8.42 Å². The molecule has 2 rings (SSSR count). The summed E-state index contributed by atoms with van der Waals surface area (Å²) >= 11 is 0. The highest BCUT2D eigenvalue weighted by atomic mass is 32.2. The van der Waals surface area contributed by atoms with Crippen LogP contribution >= 0.6 is 0 Å². The predicted octanol–water partition coefficient (Wildman–Crippen LogP) is 1.81. The zero-order valence-corrected chi connectivity index (χ0v) is 15.1. The molecule has 7 heteroatoms. The Bertz CT molecular complexity index is 788. The fourth-order valence-corrected chi connectivity index (χ4v) is 3.05. The van der Waals surface area contributed by atoms with E-state index in [2.05, 4.69) is 33.6 Å². The van der Waals surface area contributed by atoms with Gasteiger partial charge in [0, 0.05) is 30.8 Å². The molecule has 0 N–H and O–H groups in total. The van der Waals surface area contributed by atoms with Gasteiger partial charge in [0.15, 0.2) is 9.84 Å². The third-order valence-electron chi connectivity index (χ3n) is 3.70. The van der Waals surface area contributed by atoms with E-state index in [1.807, 2.05) is 14.1 Å². The smallest absolute Gasteiger partial charge is 0.175 e. The van der Waals surface area contributed by atoms with Crippen LogP contribution in [0.4, 0.5) is 5.82 Å². The second-order valence-corrected chi connectivity index (χ2v) is 8.25. The van der Waals surface area contributed by atoms with Crippen molar-refractivity contribution in [3.05, 3.63) is 24.5 Å². The van der Waals surface area contributed by atoms with E-state index in [0.29, 0.717) is 0 Å². The number of likely N-dealkylation sites (N-methyl/N-ethyl adjacent to an activating group) is 1. The standard InChI is InChI=1S/C16H24N4O2S/c1-12(2)20(9-8-19(3)4)16-14-10-13(23(5,21)22)6-7-15(14)17-11-18-16/h6-7,10-12H,8-9H2,1-5H3. The van der Waals surface area contributed by atoms with Crippen LogP contribution in [0.3, 0.4) is 0 Å². The van der Waals surface area contributed by atoms with Crippen LogP contribution in [0, 0.1) is 0 Å². The Morgan fingerprint density at radius 3 is 2.39 bits per heavy atom. The summed E-state index contributed by atoms with van der Waals surface area (Å²) in [5.74, 6) is 0.775. The molecule has 0 amide bonds. The highest BCUT2D eigenvalue weighted by Crippen LogP contribution is 2.26. The summed E-state index contributed by atoms with van der Waals surface area (Å²) in [5, 5.41) is 0.767. The van der Waals surface area contributed by atoms with Crippen molar-refractivity contribution in [3.63, 3.8) is 0 Å². The Kier molecular flexibility index (Phi) is 5.21. The van der Waals surface area contributed by atoms with E-state index in [9.17, 15) is 8.42 Å². The van der Waals surface area contributed by atoms with E-state index in [4.69, 9.17) is 0 Å². The van der Waals surface area contributed by atoms with Gasteiger partial charge in [-0.2, -0.15) is 0 Å². The number of fused-ring (bicyclic) bond motifs is 1. The first-order chi connectivity index (χ1) is 10.7. The Balaban J connectivity index is 2.57. The fraction of sp³-hybridized carbons (Fsp3) is 0.500. The summed E-state index contributed by atoms with van der Waals surface area (Å²) in [7, 11) is 0.787. The number of hydrogen-bond acceptors (Lipinski definition) is 6. The molecule has 23 heavy (non-hydrogen) atoms. The number of sulfone groups is 1. The lowest BCUT2D eigenvalue weighted by Crippen LogP contribution is -2.37. The maximum absolute atomic E-state index is 11.8. The Labute approximate surface area is 138 Å². The minimum absolute atomic E-state index is 0.245. The molecule has 1 aromatic heterocycles. The SMILES string of the molecule is CC(C)N(CCN(C)C)c1ncnc2ccc(S(C)(=O)=O)cc12. The zero-order chi connectivity index (χ0) is 17.2. The lowest BCUT2D eigenvalue weighted by atomic mass is 10.2. The highest BCUT2D eigenvalue weighted by Gasteiger charge is 2.17. The molecule has 0 aliphatic heterocycles. The van der Waals surface area contributed by atoms with E-state index >= 15 is 0 Å². The highest BCUT2D eigenvalue weighted by molar-refractivity contribution is 7.90. The van der Waals surface area contributed by atoms with Gasteiger partial charge in [0.25, 0.3) is 0 Å². The largest absolute Gasteiger partial charge is 0.352 e. The molecule has 0 atom stereocenters. The van der Waals surface area contributed by atoms with Crippen molar-refractivity contribution in [1.82, 2.24) is 14.9 Å². The first kappa shape index (κ1) is 17.6. The predicted molar refractivity (Wildman–Crippen MR) is 93.7 cm³/mol. The van der Waals surface area contributed by atoms with E-state index < -0.39 is 9.84 Å². The van der Waals surface area contributed by atoms with E-state index in [-0.39, 0.29) is 10.9 Å². The fourth-order valence-electron chi connectivity index (χ4n) is 2.40. The van der Waals surface area contributed by atoms with Crippen molar-refractivity contribution in [2.45, 2.75) is 24.8 Å². The second kappa shape index (κ2) is 6.80. The number of anilines is 1. The summed E-state index contributed by atoms with van der Waals surface area (Å²) in [4.78, 5) is 13.3. The molecule has 0 saturated heterocycles.